The molecule has 0 spiro atoms. The van der Waals surface area contributed by atoms with E-state index in [1.54, 1.807) is 6.07 Å². The predicted octanol–water partition coefficient (Wildman–Crippen LogP) is 2.54. The van der Waals surface area contributed by atoms with Crippen molar-refractivity contribution in [1.82, 2.24) is 9.78 Å². The van der Waals surface area contributed by atoms with Crippen molar-refractivity contribution < 1.29 is 14.7 Å². The van der Waals surface area contributed by atoms with Crippen molar-refractivity contribution >= 4 is 17.6 Å². The lowest BCUT2D eigenvalue weighted by atomic mass is 9.73. The van der Waals surface area contributed by atoms with Gasteiger partial charge in [0.05, 0.1) is 23.2 Å². The molecule has 2 atom stereocenters. The SMILES string of the molecule is Cc1cc(C)n(-c2cccc(NC(=O)C3CCC3C(=O)O)c2)n1. The molecule has 0 aliphatic heterocycles. The third kappa shape index (κ3) is 2.97. The van der Waals surface area contributed by atoms with Gasteiger partial charge in [-0.25, -0.2) is 4.68 Å². The Kier molecular flexibility index (Phi) is 3.90. The maximum Gasteiger partial charge on any atom is 0.307 e. The van der Waals surface area contributed by atoms with E-state index >= 15 is 0 Å². The maximum absolute atomic E-state index is 12.2. The van der Waals surface area contributed by atoms with Crippen LogP contribution in [0.25, 0.3) is 5.69 Å². The quantitative estimate of drug-likeness (QED) is 0.908. The average molecular weight is 313 g/mol. The zero-order valence-electron chi connectivity index (χ0n) is 13.1. The third-order valence-corrected chi connectivity index (χ3v) is 4.30. The molecule has 1 aliphatic carbocycles. The number of amides is 1. The van der Waals surface area contributed by atoms with Crippen molar-refractivity contribution in [1.29, 1.82) is 0 Å². The van der Waals surface area contributed by atoms with Gasteiger partial charge in [-0.1, -0.05) is 6.07 Å². The van der Waals surface area contributed by atoms with Gasteiger partial charge in [-0.15, -0.1) is 0 Å². The van der Waals surface area contributed by atoms with E-state index in [9.17, 15) is 9.59 Å². The van der Waals surface area contributed by atoms with E-state index in [1.807, 2.05) is 42.8 Å². The first-order valence-corrected chi connectivity index (χ1v) is 7.63. The molecular formula is C17H19N3O3. The number of anilines is 1. The fourth-order valence-electron chi connectivity index (χ4n) is 2.95. The molecule has 2 unspecified atom stereocenters. The molecule has 1 aliphatic rings. The van der Waals surface area contributed by atoms with Gasteiger partial charge < -0.3 is 10.4 Å². The third-order valence-electron chi connectivity index (χ3n) is 4.30. The number of rotatable bonds is 4. The Morgan fingerprint density at radius 3 is 2.52 bits per heavy atom. The molecule has 1 amide bonds. The summed E-state index contributed by atoms with van der Waals surface area (Å²) < 4.78 is 1.81. The van der Waals surface area contributed by atoms with Gasteiger partial charge in [0.25, 0.3) is 0 Å². The highest BCUT2D eigenvalue weighted by molar-refractivity contribution is 5.96. The maximum atomic E-state index is 12.2. The zero-order valence-corrected chi connectivity index (χ0v) is 13.1. The van der Waals surface area contributed by atoms with Crippen molar-refractivity contribution in [3.05, 3.63) is 41.7 Å². The van der Waals surface area contributed by atoms with E-state index in [0.29, 0.717) is 18.5 Å². The molecule has 1 fully saturated rings. The molecular weight excluding hydrogens is 294 g/mol. The molecule has 0 saturated heterocycles. The van der Waals surface area contributed by atoms with Crippen molar-refractivity contribution in [3.63, 3.8) is 0 Å². The van der Waals surface area contributed by atoms with E-state index in [2.05, 4.69) is 10.4 Å². The van der Waals surface area contributed by atoms with Gasteiger partial charge in [0.1, 0.15) is 0 Å². The van der Waals surface area contributed by atoms with E-state index < -0.39 is 17.8 Å². The Morgan fingerprint density at radius 1 is 1.22 bits per heavy atom. The molecule has 6 nitrogen and oxygen atoms in total. The molecule has 120 valence electrons. The highest BCUT2D eigenvalue weighted by Gasteiger charge is 2.41. The van der Waals surface area contributed by atoms with E-state index in [4.69, 9.17) is 5.11 Å². The molecule has 2 N–H and O–H groups in total. The van der Waals surface area contributed by atoms with Crippen molar-refractivity contribution in [2.24, 2.45) is 11.8 Å². The smallest absolute Gasteiger partial charge is 0.307 e. The Hall–Kier alpha value is -2.63. The Morgan fingerprint density at radius 2 is 1.96 bits per heavy atom. The number of carbonyl (C=O) groups is 2. The van der Waals surface area contributed by atoms with Crippen LogP contribution in [-0.2, 0) is 9.59 Å². The van der Waals surface area contributed by atoms with Gasteiger partial charge in [0.2, 0.25) is 5.91 Å². The molecule has 1 heterocycles. The molecule has 23 heavy (non-hydrogen) atoms. The molecule has 3 rings (SSSR count). The summed E-state index contributed by atoms with van der Waals surface area (Å²) in [5.41, 5.74) is 3.44. The number of hydrogen-bond donors (Lipinski definition) is 2. The molecule has 0 bridgehead atoms. The number of nitrogens with zero attached hydrogens (tertiary/aromatic N) is 2. The summed E-state index contributed by atoms with van der Waals surface area (Å²) in [6.07, 6.45) is 1.19. The molecule has 0 radical (unpaired) electrons. The second-order valence-electron chi connectivity index (χ2n) is 6.01. The first-order chi connectivity index (χ1) is 11.0. The van der Waals surface area contributed by atoms with Gasteiger partial charge in [-0.2, -0.15) is 5.10 Å². The standard InChI is InChI=1S/C17H19N3O3/c1-10-8-11(2)20(19-10)13-5-3-4-12(9-13)18-16(21)14-6-7-15(14)17(22)23/h3-5,8-9,14-15H,6-7H2,1-2H3,(H,18,21)(H,22,23). The lowest BCUT2D eigenvalue weighted by Crippen LogP contribution is -2.41. The number of benzene rings is 1. The Bertz CT molecular complexity index is 766. The van der Waals surface area contributed by atoms with Crippen LogP contribution in [0.15, 0.2) is 30.3 Å². The number of carboxylic acid groups (broad SMARTS) is 1. The van der Waals surface area contributed by atoms with Gasteiger partial charge in [0.15, 0.2) is 0 Å². The number of carboxylic acids is 1. The number of nitrogens with one attached hydrogen (secondary N) is 1. The first kappa shape index (κ1) is 15.3. The van der Waals surface area contributed by atoms with Gasteiger partial charge in [0, 0.05) is 11.4 Å². The first-order valence-electron chi connectivity index (χ1n) is 7.63. The number of aryl methyl sites for hydroxylation is 2. The summed E-state index contributed by atoms with van der Waals surface area (Å²) >= 11 is 0. The minimum Gasteiger partial charge on any atom is -0.481 e. The summed E-state index contributed by atoms with van der Waals surface area (Å²) in [4.78, 5) is 23.3. The topological polar surface area (TPSA) is 84.2 Å². The fourth-order valence-corrected chi connectivity index (χ4v) is 2.95. The monoisotopic (exact) mass is 313 g/mol. The van der Waals surface area contributed by atoms with Crippen molar-refractivity contribution in [3.8, 4) is 5.69 Å². The highest BCUT2D eigenvalue weighted by atomic mass is 16.4. The molecule has 2 aromatic rings. The van der Waals surface area contributed by atoms with E-state index in [-0.39, 0.29) is 5.91 Å². The van der Waals surface area contributed by atoms with Crippen LogP contribution in [0.4, 0.5) is 5.69 Å². The largest absolute Gasteiger partial charge is 0.481 e. The van der Waals surface area contributed by atoms with Crippen LogP contribution in [-0.4, -0.2) is 26.8 Å². The summed E-state index contributed by atoms with van der Waals surface area (Å²) in [5, 5.41) is 16.3. The summed E-state index contributed by atoms with van der Waals surface area (Å²) in [6.45, 7) is 3.90. The van der Waals surface area contributed by atoms with Crippen LogP contribution in [0.3, 0.4) is 0 Å². The Balaban J connectivity index is 1.77. The second kappa shape index (κ2) is 5.87. The molecule has 1 saturated carbocycles. The molecule has 6 heteroatoms. The molecule has 1 aromatic carbocycles. The summed E-state index contributed by atoms with van der Waals surface area (Å²) in [6, 6.07) is 9.37. The van der Waals surface area contributed by atoms with Crippen LogP contribution >= 0.6 is 0 Å². The van der Waals surface area contributed by atoms with Crippen LogP contribution in [0.5, 0.6) is 0 Å². The summed E-state index contributed by atoms with van der Waals surface area (Å²) in [5.74, 6) is -2.12. The van der Waals surface area contributed by atoms with E-state index in [1.165, 1.54) is 0 Å². The highest BCUT2D eigenvalue weighted by Crippen LogP contribution is 2.35. The number of aliphatic carboxylic acids is 1. The molecule has 1 aromatic heterocycles. The predicted molar refractivity (Wildman–Crippen MR) is 85.5 cm³/mol. The lowest BCUT2D eigenvalue weighted by Gasteiger charge is -2.31. The van der Waals surface area contributed by atoms with Crippen LogP contribution in [0, 0.1) is 25.7 Å². The number of aromatic nitrogens is 2. The summed E-state index contributed by atoms with van der Waals surface area (Å²) in [7, 11) is 0. The van der Waals surface area contributed by atoms with Gasteiger partial charge in [-0.3, -0.25) is 9.59 Å². The van der Waals surface area contributed by atoms with Crippen molar-refractivity contribution in [2.75, 3.05) is 5.32 Å². The average Bonchev–Trinajstić information content (AvgIpc) is 2.76. The van der Waals surface area contributed by atoms with Crippen LogP contribution in [0.2, 0.25) is 0 Å². The number of hydrogen-bond acceptors (Lipinski definition) is 3. The fraction of sp³-hybridized carbons (Fsp3) is 0.353. The van der Waals surface area contributed by atoms with Crippen LogP contribution in [0.1, 0.15) is 24.2 Å². The lowest BCUT2D eigenvalue weighted by molar-refractivity contribution is -0.151. The van der Waals surface area contributed by atoms with Crippen LogP contribution < -0.4 is 5.32 Å². The van der Waals surface area contributed by atoms with Crippen molar-refractivity contribution in [2.45, 2.75) is 26.7 Å². The number of carbonyl (C=O) groups excluding carboxylic acids is 1. The Labute approximate surface area is 134 Å². The van der Waals surface area contributed by atoms with Gasteiger partial charge in [-0.05, 0) is 51.0 Å². The van der Waals surface area contributed by atoms with E-state index in [0.717, 1.165) is 17.1 Å². The minimum absolute atomic E-state index is 0.228. The normalized spacial score (nSPS) is 19.9. The second-order valence-corrected chi connectivity index (χ2v) is 6.01. The zero-order chi connectivity index (χ0) is 16.6. The van der Waals surface area contributed by atoms with Gasteiger partial charge >= 0.3 is 5.97 Å². The minimum atomic E-state index is -0.896.